The van der Waals surface area contributed by atoms with E-state index in [-0.39, 0.29) is 13.1 Å². The van der Waals surface area contributed by atoms with Crippen LogP contribution in [0.2, 0.25) is 0 Å². The van der Waals surface area contributed by atoms with E-state index in [1.165, 1.54) is 11.0 Å². The van der Waals surface area contributed by atoms with Crippen LogP contribution < -0.4 is 0 Å². The quantitative estimate of drug-likeness (QED) is 0.867. The van der Waals surface area contributed by atoms with E-state index >= 15 is 0 Å². The van der Waals surface area contributed by atoms with Crippen molar-refractivity contribution in [3.05, 3.63) is 35.1 Å². The molecule has 0 spiro atoms. The molecule has 0 aromatic heterocycles. The number of halogens is 4. The first-order valence-corrected chi connectivity index (χ1v) is 7.02. The molecule has 1 aliphatic rings. The lowest BCUT2D eigenvalue weighted by molar-refractivity contribution is -0.188. The fourth-order valence-electron chi connectivity index (χ4n) is 2.93. The Kier molecular flexibility index (Phi) is 4.75. The van der Waals surface area contributed by atoms with E-state index in [0.29, 0.717) is 12.0 Å². The van der Waals surface area contributed by atoms with E-state index in [0.717, 1.165) is 5.56 Å². The van der Waals surface area contributed by atoms with Gasteiger partial charge in [0.2, 0.25) is 0 Å². The summed E-state index contributed by atoms with van der Waals surface area (Å²) in [6, 6.07) is 4.55. The number of hydrogen-bond donors (Lipinski definition) is 1. The number of carboxylic acid groups (broad SMARTS) is 1. The number of benzene rings is 1. The smallest absolute Gasteiger partial charge is 0.393 e. The average molecular weight is 319 g/mol. The number of carboxylic acids is 1. The summed E-state index contributed by atoms with van der Waals surface area (Å²) in [5.74, 6) is -5.35. The zero-order valence-corrected chi connectivity index (χ0v) is 12.0. The summed E-state index contributed by atoms with van der Waals surface area (Å²) >= 11 is 0. The highest BCUT2D eigenvalue weighted by Crippen LogP contribution is 2.38. The number of aryl methyl sites for hydroxylation is 1. The maximum absolute atomic E-state index is 13.9. The van der Waals surface area contributed by atoms with Crippen LogP contribution in [0.25, 0.3) is 0 Å². The van der Waals surface area contributed by atoms with Crippen molar-refractivity contribution in [2.75, 3.05) is 13.1 Å². The van der Waals surface area contributed by atoms with Crippen LogP contribution in [0.15, 0.2) is 18.2 Å². The first-order chi connectivity index (χ1) is 10.2. The van der Waals surface area contributed by atoms with Crippen LogP contribution in [0.3, 0.4) is 0 Å². The van der Waals surface area contributed by atoms with Crippen LogP contribution in [-0.4, -0.2) is 35.2 Å². The summed E-state index contributed by atoms with van der Waals surface area (Å²) in [6.45, 7) is 1.18. The highest BCUT2D eigenvalue weighted by atomic mass is 19.4. The van der Waals surface area contributed by atoms with E-state index in [1.807, 2.05) is 6.92 Å². The maximum Gasteiger partial charge on any atom is 0.393 e. The zero-order valence-electron chi connectivity index (χ0n) is 12.0. The minimum atomic E-state index is -4.57. The van der Waals surface area contributed by atoms with Crippen LogP contribution in [0.4, 0.5) is 17.6 Å². The van der Waals surface area contributed by atoms with Crippen LogP contribution in [0.1, 0.15) is 18.1 Å². The number of likely N-dealkylation sites (tertiary alicyclic amines) is 1. The third-order valence-corrected chi connectivity index (χ3v) is 4.11. The van der Waals surface area contributed by atoms with Crippen LogP contribution in [0, 0.1) is 17.7 Å². The summed E-state index contributed by atoms with van der Waals surface area (Å²) in [5.41, 5.74) is 1.07. The minimum Gasteiger partial charge on any atom is -0.481 e. The molecule has 22 heavy (non-hydrogen) atoms. The molecule has 1 saturated heterocycles. The molecule has 2 rings (SSSR count). The lowest BCUT2D eigenvalue weighted by atomic mass is 9.96. The van der Waals surface area contributed by atoms with Crippen molar-refractivity contribution in [2.24, 2.45) is 11.8 Å². The summed E-state index contributed by atoms with van der Waals surface area (Å²) in [4.78, 5) is 12.4. The van der Waals surface area contributed by atoms with E-state index in [9.17, 15) is 22.4 Å². The van der Waals surface area contributed by atoms with Crippen molar-refractivity contribution >= 4 is 5.97 Å². The number of alkyl halides is 3. The predicted octanol–water partition coefficient (Wildman–Crippen LogP) is 3.08. The lowest BCUT2D eigenvalue weighted by Gasteiger charge is -2.19. The third kappa shape index (κ3) is 3.40. The van der Waals surface area contributed by atoms with Gasteiger partial charge in [0.25, 0.3) is 0 Å². The summed E-state index contributed by atoms with van der Waals surface area (Å²) in [7, 11) is 0. The van der Waals surface area contributed by atoms with Crippen molar-refractivity contribution < 1.29 is 27.5 Å². The molecule has 1 fully saturated rings. The Morgan fingerprint density at radius 1 is 1.36 bits per heavy atom. The normalized spacial score (nSPS) is 23.0. The Labute approximate surface area is 125 Å². The van der Waals surface area contributed by atoms with Gasteiger partial charge >= 0.3 is 12.1 Å². The monoisotopic (exact) mass is 319 g/mol. The molecule has 1 aromatic carbocycles. The standard InChI is InChI=1S/C15H17F4NO2/c1-2-9-4-3-5-13(16)10(9)6-20-7-11(14(21)22)12(8-20)15(17,18)19/h3-5,11-12H,2,6-8H2,1H3,(H,21,22)/t11-,12-/m1/s1. The molecule has 1 aromatic rings. The Hall–Kier alpha value is -1.63. The van der Waals surface area contributed by atoms with E-state index in [2.05, 4.69) is 0 Å². The molecule has 1 heterocycles. The first-order valence-electron chi connectivity index (χ1n) is 7.02. The fraction of sp³-hybridized carbons (Fsp3) is 0.533. The summed E-state index contributed by atoms with van der Waals surface area (Å²) in [5, 5.41) is 8.99. The molecule has 0 bridgehead atoms. The Morgan fingerprint density at radius 3 is 2.55 bits per heavy atom. The molecule has 0 unspecified atom stereocenters. The zero-order chi connectivity index (χ0) is 16.5. The lowest BCUT2D eigenvalue weighted by Crippen LogP contribution is -2.33. The Balaban J connectivity index is 2.21. The average Bonchev–Trinajstić information content (AvgIpc) is 2.85. The van der Waals surface area contributed by atoms with Gasteiger partial charge in [0, 0.05) is 25.2 Å². The van der Waals surface area contributed by atoms with Crippen LogP contribution >= 0.6 is 0 Å². The van der Waals surface area contributed by atoms with E-state index in [4.69, 9.17) is 5.11 Å². The second-order valence-electron chi connectivity index (χ2n) is 5.52. The van der Waals surface area contributed by atoms with Gasteiger partial charge in [-0.2, -0.15) is 13.2 Å². The molecular weight excluding hydrogens is 302 g/mol. The van der Waals surface area contributed by atoms with Gasteiger partial charge in [-0.3, -0.25) is 9.69 Å². The van der Waals surface area contributed by atoms with Gasteiger partial charge in [-0.05, 0) is 18.1 Å². The molecule has 1 N–H and O–H groups in total. The maximum atomic E-state index is 13.9. The minimum absolute atomic E-state index is 0.00773. The SMILES string of the molecule is CCc1cccc(F)c1CN1C[C@@H](C(F)(F)F)[C@H](C(=O)O)C1. The highest BCUT2D eigenvalue weighted by molar-refractivity contribution is 5.71. The van der Waals surface area contributed by atoms with Gasteiger partial charge in [0.1, 0.15) is 5.82 Å². The van der Waals surface area contributed by atoms with Gasteiger partial charge in [0.15, 0.2) is 0 Å². The van der Waals surface area contributed by atoms with E-state index < -0.39 is 36.3 Å². The molecular formula is C15H17F4NO2. The van der Waals surface area contributed by atoms with Crippen LogP contribution in [0.5, 0.6) is 0 Å². The number of carbonyl (C=O) groups is 1. The van der Waals surface area contributed by atoms with Crippen molar-refractivity contribution in [1.82, 2.24) is 4.90 Å². The summed E-state index contributed by atoms with van der Waals surface area (Å²) < 4.78 is 52.7. The van der Waals surface area contributed by atoms with Crippen molar-refractivity contribution in [2.45, 2.75) is 26.1 Å². The van der Waals surface area contributed by atoms with Crippen molar-refractivity contribution in [3.63, 3.8) is 0 Å². The molecule has 122 valence electrons. The first kappa shape index (κ1) is 16.7. The third-order valence-electron chi connectivity index (χ3n) is 4.11. The largest absolute Gasteiger partial charge is 0.481 e. The summed E-state index contributed by atoms with van der Waals surface area (Å²) in [6.07, 6.45) is -4.01. The fourth-order valence-corrected chi connectivity index (χ4v) is 2.93. The van der Waals surface area contributed by atoms with Gasteiger partial charge in [0.05, 0.1) is 11.8 Å². The number of rotatable bonds is 4. The molecule has 1 aliphatic heterocycles. The second kappa shape index (κ2) is 6.24. The second-order valence-corrected chi connectivity index (χ2v) is 5.52. The molecule has 0 aliphatic carbocycles. The number of aliphatic carboxylic acids is 1. The van der Waals surface area contributed by atoms with Gasteiger partial charge < -0.3 is 5.11 Å². The Morgan fingerprint density at radius 2 is 2.05 bits per heavy atom. The van der Waals surface area contributed by atoms with Crippen molar-refractivity contribution in [3.8, 4) is 0 Å². The molecule has 0 saturated carbocycles. The molecule has 0 radical (unpaired) electrons. The Bertz CT molecular complexity index is 559. The molecule has 2 atom stereocenters. The van der Waals surface area contributed by atoms with E-state index in [1.54, 1.807) is 12.1 Å². The molecule has 0 amide bonds. The number of hydrogen-bond acceptors (Lipinski definition) is 2. The molecule has 7 heteroatoms. The van der Waals surface area contributed by atoms with Gasteiger partial charge in [-0.15, -0.1) is 0 Å². The predicted molar refractivity (Wildman–Crippen MR) is 71.7 cm³/mol. The van der Waals surface area contributed by atoms with Crippen molar-refractivity contribution in [1.29, 1.82) is 0 Å². The van der Waals surface area contributed by atoms with Gasteiger partial charge in [-0.25, -0.2) is 4.39 Å². The number of nitrogens with zero attached hydrogens (tertiary/aromatic N) is 1. The van der Waals surface area contributed by atoms with Gasteiger partial charge in [-0.1, -0.05) is 19.1 Å². The highest BCUT2D eigenvalue weighted by Gasteiger charge is 2.52. The topological polar surface area (TPSA) is 40.5 Å². The molecule has 3 nitrogen and oxygen atoms in total. The van der Waals surface area contributed by atoms with Crippen LogP contribution in [-0.2, 0) is 17.8 Å².